The highest BCUT2D eigenvalue weighted by molar-refractivity contribution is 7.22. The van der Waals surface area contributed by atoms with Crippen molar-refractivity contribution in [3.8, 4) is 0 Å². The Morgan fingerprint density at radius 3 is 2.46 bits per heavy atom. The van der Waals surface area contributed by atoms with Gasteiger partial charge in [0.15, 0.2) is 5.13 Å². The van der Waals surface area contributed by atoms with Crippen LogP contribution in [0.15, 0.2) is 48.5 Å². The summed E-state index contributed by atoms with van der Waals surface area (Å²) >= 11 is 1.28. The molecule has 7 heteroatoms. The number of fused-ring (bicyclic) bond motifs is 1. The van der Waals surface area contributed by atoms with E-state index in [0.717, 1.165) is 10.8 Å². The standard InChI is InChI=1S/C17H13F3N2OS/c1-2-22(16-21-13-9-5-6-10-14(13)24-16)15(23)11-7-3-4-8-12(11)17(18,19)20/h3-10H,2H2,1H3. The number of benzene rings is 2. The second kappa shape index (κ2) is 6.24. The summed E-state index contributed by atoms with van der Waals surface area (Å²) < 4.78 is 40.4. The van der Waals surface area contributed by atoms with Crippen LogP contribution in [-0.4, -0.2) is 17.4 Å². The van der Waals surface area contributed by atoms with Gasteiger partial charge in [-0.25, -0.2) is 4.98 Å². The summed E-state index contributed by atoms with van der Waals surface area (Å²) in [7, 11) is 0. The summed E-state index contributed by atoms with van der Waals surface area (Å²) in [4.78, 5) is 18.4. The predicted octanol–water partition coefficient (Wildman–Crippen LogP) is 4.98. The number of carbonyl (C=O) groups is 1. The smallest absolute Gasteiger partial charge is 0.284 e. The van der Waals surface area contributed by atoms with Crippen LogP contribution < -0.4 is 4.90 Å². The fourth-order valence-electron chi connectivity index (χ4n) is 2.40. The van der Waals surface area contributed by atoms with Crippen LogP contribution >= 0.6 is 11.3 Å². The summed E-state index contributed by atoms with van der Waals surface area (Å²) in [6.45, 7) is 1.94. The zero-order chi connectivity index (χ0) is 17.3. The van der Waals surface area contributed by atoms with E-state index in [1.807, 2.05) is 18.2 Å². The lowest BCUT2D eigenvalue weighted by Gasteiger charge is -2.20. The van der Waals surface area contributed by atoms with Crippen LogP contribution in [0, 0.1) is 0 Å². The van der Waals surface area contributed by atoms with Crippen molar-refractivity contribution in [2.24, 2.45) is 0 Å². The zero-order valence-corrected chi connectivity index (χ0v) is 13.5. The second-order valence-corrected chi connectivity index (χ2v) is 6.07. The molecule has 0 saturated heterocycles. The van der Waals surface area contributed by atoms with Crippen LogP contribution in [0.4, 0.5) is 18.3 Å². The van der Waals surface area contributed by atoms with Crippen LogP contribution in [0.3, 0.4) is 0 Å². The van der Waals surface area contributed by atoms with Crippen molar-refractivity contribution in [1.82, 2.24) is 4.98 Å². The van der Waals surface area contributed by atoms with Gasteiger partial charge in [0.05, 0.1) is 21.3 Å². The molecule has 3 nitrogen and oxygen atoms in total. The number of hydrogen-bond acceptors (Lipinski definition) is 3. The van der Waals surface area contributed by atoms with Gasteiger partial charge in [-0.2, -0.15) is 13.2 Å². The SMILES string of the molecule is CCN(C(=O)c1ccccc1C(F)(F)F)c1nc2ccccc2s1. The van der Waals surface area contributed by atoms with Gasteiger partial charge in [-0.1, -0.05) is 35.6 Å². The van der Waals surface area contributed by atoms with E-state index in [1.54, 1.807) is 13.0 Å². The fraction of sp³-hybridized carbons (Fsp3) is 0.176. The second-order valence-electron chi connectivity index (χ2n) is 5.06. The van der Waals surface area contributed by atoms with Gasteiger partial charge in [0, 0.05) is 6.54 Å². The van der Waals surface area contributed by atoms with Crippen molar-refractivity contribution in [2.45, 2.75) is 13.1 Å². The van der Waals surface area contributed by atoms with Gasteiger partial charge in [-0.05, 0) is 31.2 Å². The van der Waals surface area contributed by atoms with E-state index in [9.17, 15) is 18.0 Å². The highest BCUT2D eigenvalue weighted by Gasteiger charge is 2.36. The summed E-state index contributed by atoms with van der Waals surface area (Å²) in [5.41, 5.74) is -0.589. The van der Waals surface area contributed by atoms with Crippen LogP contribution in [-0.2, 0) is 6.18 Å². The van der Waals surface area contributed by atoms with Crippen molar-refractivity contribution in [1.29, 1.82) is 0 Å². The molecule has 124 valence electrons. The molecule has 3 rings (SSSR count). The molecule has 0 bridgehead atoms. The lowest BCUT2D eigenvalue weighted by Crippen LogP contribution is -2.32. The molecule has 0 atom stereocenters. The normalized spacial score (nSPS) is 11.7. The molecule has 0 aliphatic rings. The monoisotopic (exact) mass is 350 g/mol. The maximum atomic E-state index is 13.2. The Kier molecular flexibility index (Phi) is 4.28. The third kappa shape index (κ3) is 2.99. The first-order valence-electron chi connectivity index (χ1n) is 7.25. The molecule has 0 unspecified atom stereocenters. The van der Waals surface area contributed by atoms with E-state index in [-0.39, 0.29) is 12.1 Å². The van der Waals surface area contributed by atoms with Crippen LogP contribution in [0.25, 0.3) is 10.2 Å². The number of alkyl halides is 3. The van der Waals surface area contributed by atoms with E-state index in [1.165, 1.54) is 34.4 Å². The predicted molar refractivity (Wildman–Crippen MR) is 88.4 cm³/mol. The summed E-state index contributed by atoms with van der Waals surface area (Å²) in [5.74, 6) is -0.704. The minimum atomic E-state index is -4.58. The Hall–Kier alpha value is -2.41. The largest absolute Gasteiger partial charge is 0.417 e. The molecule has 0 fully saturated rings. The Morgan fingerprint density at radius 1 is 1.12 bits per heavy atom. The fourth-order valence-corrected chi connectivity index (χ4v) is 3.43. The molecule has 3 aromatic rings. The Balaban J connectivity index is 2.04. The molecule has 1 amide bonds. The first-order valence-corrected chi connectivity index (χ1v) is 8.07. The molecule has 1 aromatic heterocycles. The average molecular weight is 350 g/mol. The number of rotatable bonds is 3. The summed E-state index contributed by atoms with van der Waals surface area (Å²) in [6.07, 6.45) is -4.58. The Bertz CT molecular complexity index is 856. The van der Waals surface area contributed by atoms with E-state index in [0.29, 0.717) is 10.6 Å². The maximum Gasteiger partial charge on any atom is 0.417 e. The van der Waals surface area contributed by atoms with E-state index in [2.05, 4.69) is 4.98 Å². The number of para-hydroxylation sites is 1. The van der Waals surface area contributed by atoms with Gasteiger partial charge < -0.3 is 0 Å². The molecule has 0 radical (unpaired) electrons. The van der Waals surface area contributed by atoms with Crippen LogP contribution in [0.5, 0.6) is 0 Å². The van der Waals surface area contributed by atoms with Gasteiger partial charge >= 0.3 is 6.18 Å². The number of hydrogen-bond donors (Lipinski definition) is 0. The van der Waals surface area contributed by atoms with E-state index in [4.69, 9.17) is 0 Å². The number of amides is 1. The van der Waals surface area contributed by atoms with Crippen molar-refractivity contribution < 1.29 is 18.0 Å². The topological polar surface area (TPSA) is 33.2 Å². The van der Waals surface area contributed by atoms with Crippen molar-refractivity contribution in [3.05, 3.63) is 59.7 Å². The number of aromatic nitrogens is 1. The molecule has 0 aliphatic carbocycles. The molecular formula is C17H13F3N2OS. The lowest BCUT2D eigenvalue weighted by molar-refractivity contribution is -0.137. The number of anilines is 1. The summed E-state index contributed by atoms with van der Waals surface area (Å²) in [6, 6.07) is 12.1. The molecular weight excluding hydrogens is 337 g/mol. The van der Waals surface area contributed by atoms with Crippen LogP contribution in [0.2, 0.25) is 0 Å². The van der Waals surface area contributed by atoms with Gasteiger partial charge in [0.25, 0.3) is 5.91 Å². The van der Waals surface area contributed by atoms with Crippen LogP contribution in [0.1, 0.15) is 22.8 Å². The number of halogens is 3. The number of nitrogens with zero attached hydrogens (tertiary/aromatic N) is 2. The Labute approximate surface area is 140 Å². The first-order chi connectivity index (χ1) is 11.4. The third-order valence-electron chi connectivity index (χ3n) is 3.54. The van der Waals surface area contributed by atoms with Crippen molar-refractivity contribution >= 4 is 32.6 Å². The molecule has 0 aliphatic heterocycles. The minimum absolute atomic E-state index is 0.227. The van der Waals surface area contributed by atoms with Gasteiger partial charge in [0.2, 0.25) is 0 Å². The number of carbonyl (C=O) groups excluding carboxylic acids is 1. The molecule has 0 spiro atoms. The summed E-state index contributed by atoms with van der Waals surface area (Å²) in [5, 5.41) is 0.390. The van der Waals surface area contributed by atoms with Gasteiger partial charge in [-0.3, -0.25) is 9.69 Å². The quantitative estimate of drug-likeness (QED) is 0.667. The minimum Gasteiger partial charge on any atom is -0.284 e. The van der Waals surface area contributed by atoms with Crippen molar-refractivity contribution in [3.63, 3.8) is 0 Å². The first kappa shape index (κ1) is 16.4. The number of thiazole rings is 1. The van der Waals surface area contributed by atoms with Gasteiger partial charge in [-0.15, -0.1) is 0 Å². The molecule has 1 heterocycles. The van der Waals surface area contributed by atoms with E-state index < -0.39 is 17.6 Å². The van der Waals surface area contributed by atoms with Crippen molar-refractivity contribution in [2.75, 3.05) is 11.4 Å². The van der Waals surface area contributed by atoms with Gasteiger partial charge in [0.1, 0.15) is 0 Å². The Morgan fingerprint density at radius 2 is 1.79 bits per heavy atom. The molecule has 24 heavy (non-hydrogen) atoms. The lowest BCUT2D eigenvalue weighted by atomic mass is 10.1. The molecule has 0 N–H and O–H groups in total. The average Bonchev–Trinajstić information content (AvgIpc) is 2.98. The maximum absolute atomic E-state index is 13.2. The van der Waals surface area contributed by atoms with E-state index >= 15 is 0 Å². The molecule has 0 saturated carbocycles. The highest BCUT2D eigenvalue weighted by Crippen LogP contribution is 2.34. The third-order valence-corrected chi connectivity index (χ3v) is 4.60. The molecule has 2 aromatic carbocycles. The highest BCUT2D eigenvalue weighted by atomic mass is 32.1. The zero-order valence-electron chi connectivity index (χ0n) is 12.7.